The molecule has 0 bridgehead atoms. The maximum absolute atomic E-state index is 9.98. The van der Waals surface area contributed by atoms with E-state index in [1.807, 2.05) is 13.8 Å². The van der Waals surface area contributed by atoms with Gasteiger partial charge in [-0.1, -0.05) is 13.8 Å². The molecule has 1 amide bonds. The summed E-state index contributed by atoms with van der Waals surface area (Å²) in [5, 5.41) is 3.62. The van der Waals surface area contributed by atoms with Crippen molar-refractivity contribution in [2.24, 2.45) is 0 Å². The summed E-state index contributed by atoms with van der Waals surface area (Å²) < 4.78 is 0. The summed E-state index contributed by atoms with van der Waals surface area (Å²) in [6, 6.07) is 0.416. The SMILES string of the molecule is CC.CN1CCC(NC(=S)NNC=O)CC1. The van der Waals surface area contributed by atoms with Crippen LogP contribution in [0.4, 0.5) is 0 Å². The normalized spacial score (nSPS) is 16.7. The highest BCUT2D eigenvalue weighted by Crippen LogP contribution is 2.07. The highest BCUT2D eigenvalue weighted by molar-refractivity contribution is 7.80. The number of nitrogens with zero attached hydrogens (tertiary/aromatic N) is 1. The summed E-state index contributed by atoms with van der Waals surface area (Å²) in [6.07, 6.45) is 2.72. The summed E-state index contributed by atoms with van der Waals surface area (Å²) in [7, 11) is 2.11. The molecule has 1 saturated heterocycles. The van der Waals surface area contributed by atoms with Crippen LogP contribution >= 0.6 is 12.2 Å². The van der Waals surface area contributed by atoms with Gasteiger partial charge in [-0.25, -0.2) is 0 Å². The van der Waals surface area contributed by atoms with Crippen LogP contribution in [-0.4, -0.2) is 42.6 Å². The minimum Gasteiger partial charge on any atom is -0.359 e. The molecule has 6 heteroatoms. The van der Waals surface area contributed by atoms with E-state index in [4.69, 9.17) is 12.2 Å². The highest BCUT2D eigenvalue weighted by Gasteiger charge is 2.16. The Morgan fingerprint density at radius 2 is 1.94 bits per heavy atom. The van der Waals surface area contributed by atoms with Gasteiger partial charge in [0, 0.05) is 6.04 Å². The van der Waals surface area contributed by atoms with Crippen molar-refractivity contribution in [2.75, 3.05) is 20.1 Å². The van der Waals surface area contributed by atoms with Crippen LogP contribution in [0.5, 0.6) is 0 Å². The van der Waals surface area contributed by atoms with Crippen molar-refractivity contribution in [1.82, 2.24) is 21.1 Å². The first-order chi connectivity index (χ1) is 7.72. The van der Waals surface area contributed by atoms with E-state index in [0.717, 1.165) is 25.9 Å². The molecule has 1 fully saturated rings. The van der Waals surface area contributed by atoms with Crippen LogP contribution in [0, 0.1) is 0 Å². The van der Waals surface area contributed by atoms with Crippen LogP contribution in [0.15, 0.2) is 0 Å². The molecule has 0 aromatic heterocycles. The first-order valence-electron chi connectivity index (χ1n) is 5.66. The largest absolute Gasteiger partial charge is 0.359 e. The lowest BCUT2D eigenvalue weighted by Gasteiger charge is -2.30. The van der Waals surface area contributed by atoms with Crippen LogP contribution in [0.25, 0.3) is 0 Å². The average Bonchev–Trinajstić information content (AvgIpc) is 2.32. The van der Waals surface area contributed by atoms with Crippen molar-refractivity contribution in [2.45, 2.75) is 32.7 Å². The molecule has 94 valence electrons. The van der Waals surface area contributed by atoms with E-state index in [1.54, 1.807) is 0 Å². The second kappa shape index (κ2) is 9.35. The predicted molar refractivity (Wildman–Crippen MR) is 69.9 cm³/mol. The molecular weight excluding hydrogens is 224 g/mol. The Balaban J connectivity index is 0.00000106. The number of hydrazine groups is 1. The molecular formula is C10H22N4OS. The number of hydrogen-bond acceptors (Lipinski definition) is 3. The van der Waals surface area contributed by atoms with Gasteiger partial charge in [0.1, 0.15) is 0 Å². The van der Waals surface area contributed by atoms with Crippen molar-refractivity contribution in [3.63, 3.8) is 0 Å². The number of rotatable bonds is 3. The van der Waals surface area contributed by atoms with Crippen LogP contribution < -0.4 is 16.2 Å². The molecule has 0 unspecified atom stereocenters. The topological polar surface area (TPSA) is 56.4 Å². The fourth-order valence-electron chi connectivity index (χ4n) is 1.47. The minimum atomic E-state index is 0.416. The van der Waals surface area contributed by atoms with Gasteiger partial charge in [0.2, 0.25) is 6.41 Å². The third-order valence-corrected chi connectivity index (χ3v) is 2.52. The summed E-state index contributed by atoms with van der Waals surface area (Å²) in [5.74, 6) is 0. The van der Waals surface area contributed by atoms with Gasteiger partial charge >= 0.3 is 0 Å². The lowest BCUT2D eigenvalue weighted by Crippen LogP contribution is -2.50. The van der Waals surface area contributed by atoms with E-state index in [1.165, 1.54) is 0 Å². The third kappa shape index (κ3) is 6.58. The Morgan fingerprint density at radius 3 is 2.44 bits per heavy atom. The molecule has 1 aliphatic heterocycles. The maximum Gasteiger partial charge on any atom is 0.225 e. The molecule has 1 aliphatic rings. The molecule has 0 aliphatic carbocycles. The van der Waals surface area contributed by atoms with Crippen molar-refractivity contribution in [3.05, 3.63) is 0 Å². The van der Waals surface area contributed by atoms with Gasteiger partial charge in [-0.05, 0) is 45.2 Å². The first kappa shape index (κ1) is 15.1. The molecule has 0 spiro atoms. The molecule has 5 nitrogen and oxygen atoms in total. The molecule has 16 heavy (non-hydrogen) atoms. The number of amides is 1. The molecule has 0 aromatic carbocycles. The number of carbonyl (C=O) groups is 1. The van der Waals surface area contributed by atoms with Crippen LogP contribution in [0.1, 0.15) is 26.7 Å². The second-order valence-corrected chi connectivity index (χ2v) is 3.85. The van der Waals surface area contributed by atoms with E-state index in [0.29, 0.717) is 17.6 Å². The fraction of sp³-hybridized carbons (Fsp3) is 0.800. The first-order valence-corrected chi connectivity index (χ1v) is 6.07. The van der Waals surface area contributed by atoms with E-state index in [9.17, 15) is 4.79 Å². The number of piperidine rings is 1. The van der Waals surface area contributed by atoms with Crippen LogP contribution in [0.2, 0.25) is 0 Å². The zero-order valence-corrected chi connectivity index (χ0v) is 11.1. The Hall–Kier alpha value is -0.880. The number of carbonyl (C=O) groups excluding carboxylic acids is 1. The molecule has 0 radical (unpaired) electrons. The fourth-order valence-corrected chi connectivity index (χ4v) is 1.70. The third-order valence-electron chi connectivity index (χ3n) is 2.30. The molecule has 3 N–H and O–H groups in total. The van der Waals surface area contributed by atoms with Gasteiger partial charge < -0.3 is 10.2 Å². The number of nitrogens with one attached hydrogen (secondary N) is 3. The summed E-state index contributed by atoms with van der Waals surface area (Å²) in [5.41, 5.74) is 4.88. The summed E-state index contributed by atoms with van der Waals surface area (Å²) in [6.45, 7) is 6.17. The monoisotopic (exact) mass is 246 g/mol. The van der Waals surface area contributed by atoms with E-state index < -0.39 is 0 Å². The lowest BCUT2D eigenvalue weighted by atomic mass is 10.1. The zero-order valence-electron chi connectivity index (χ0n) is 10.2. The minimum absolute atomic E-state index is 0.416. The Morgan fingerprint density at radius 1 is 1.38 bits per heavy atom. The van der Waals surface area contributed by atoms with Gasteiger partial charge in [-0.3, -0.25) is 15.6 Å². The zero-order chi connectivity index (χ0) is 12.4. The van der Waals surface area contributed by atoms with Gasteiger partial charge in [-0.15, -0.1) is 0 Å². The lowest BCUT2D eigenvalue weighted by molar-refractivity contribution is -0.110. The van der Waals surface area contributed by atoms with Gasteiger partial charge in [-0.2, -0.15) is 0 Å². The number of thiocarbonyl (C=S) groups is 1. The van der Waals surface area contributed by atoms with Crippen molar-refractivity contribution in [1.29, 1.82) is 0 Å². The van der Waals surface area contributed by atoms with E-state index in [-0.39, 0.29) is 0 Å². The van der Waals surface area contributed by atoms with Crippen LogP contribution in [0.3, 0.4) is 0 Å². The molecule has 1 rings (SSSR count). The van der Waals surface area contributed by atoms with Gasteiger partial charge in [0.25, 0.3) is 0 Å². The highest BCUT2D eigenvalue weighted by atomic mass is 32.1. The molecule has 0 saturated carbocycles. The average molecular weight is 246 g/mol. The van der Waals surface area contributed by atoms with Crippen LogP contribution in [-0.2, 0) is 4.79 Å². The summed E-state index contributed by atoms with van der Waals surface area (Å²) >= 11 is 4.97. The Kier molecular flexibility index (Phi) is 8.84. The quantitative estimate of drug-likeness (QED) is 0.378. The molecule has 0 aromatic rings. The van der Waals surface area contributed by atoms with E-state index in [2.05, 4.69) is 28.1 Å². The van der Waals surface area contributed by atoms with Gasteiger partial charge in [0.05, 0.1) is 0 Å². The maximum atomic E-state index is 9.98. The number of hydrogen-bond donors (Lipinski definition) is 3. The Bertz CT molecular complexity index is 205. The predicted octanol–water partition coefficient (Wildman–Crippen LogP) is 0.232. The van der Waals surface area contributed by atoms with Gasteiger partial charge in [0.15, 0.2) is 5.11 Å². The smallest absolute Gasteiger partial charge is 0.225 e. The molecule has 1 heterocycles. The van der Waals surface area contributed by atoms with Crippen molar-refractivity contribution in [3.8, 4) is 0 Å². The van der Waals surface area contributed by atoms with E-state index >= 15 is 0 Å². The summed E-state index contributed by atoms with van der Waals surface area (Å²) in [4.78, 5) is 12.3. The number of likely N-dealkylation sites (tertiary alicyclic amines) is 1. The second-order valence-electron chi connectivity index (χ2n) is 3.44. The standard InChI is InChI=1S/C8H16N4OS.C2H6/c1-12-4-2-7(3-5-12)10-8(14)11-9-6-13;1-2/h6-7H,2-5H2,1H3,(H,9,13)(H2,10,11,14);1-2H3. The van der Waals surface area contributed by atoms with Crippen molar-refractivity contribution >= 4 is 23.7 Å². The Labute approximate surface area is 103 Å². The molecule has 0 atom stereocenters. The van der Waals surface area contributed by atoms with Crippen molar-refractivity contribution < 1.29 is 4.79 Å².